The molecule has 14 heavy (non-hydrogen) atoms. The molecule has 0 heterocycles. The number of amides is 1. The number of carboxylic acids is 1. The van der Waals surface area contributed by atoms with E-state index in [1.807, 2.05) is 6.92 Å². The van der Waals surface area contributed by atoms with Crippen LogP contribution in [0.1, 0.15) is 39.0 Å². The van der Waals surface area contributed by atoms with E-state index < -0.39 is 11.4 Å². The second-order valence-corrected chi connectivity index (χ2v) is 3.92. The van der Waals surface area contributed by atoms with Crippen molar-refractivity contribution in [3.8, 4) is 0 Å². The van der Waals surface area contributed by atoms with Crippen LogP contribution in [-0.4, -0.2) is 23.5 Å². The first-order valence-electron chi connectivity index (χ1n) is 5.11. The fraction of sp³-hybridized carbons (Fsp3) is 0.800. The highest BCUT2D eigenvalue weighted by atomic mass is 16.4. The third kappa shape index (κ3) is 2.25. The van der Waals surface area contributed by atoms with Crippen molar-refractivity contribution in [1.29, 1.82) is 0 Å². The lowest BCUT2D eigenvalue weighted by molar-refractivity contribution is -0.151. The predicted molar refractivity (Wildman–Crippen MR) is 51.8 cm³/mol. The van der Waals surface area contributed by atoms with Crippen molar-refractivity contribution < 1.29 is 14.7 Å². The lowest BCUT2D eigenvalue weighted by Crippen LogP contribution is -2.35. The Bertz CT molecular complexity index is 232. The number of aliphatic carboxylic acids is 1. The number of carboxylic acid groups (broad SMARTS) is 1. The zero-order valence-electron chi connectivity index (χ0n) is 8.51. The SMILES string of the molecule is CCNC(=O)CC1(C(=O)O)CCCC1. The molecule has 4 nitrogen and oxygen atoms in total. The van der Waals surface area contributed by atoms with Crippen molar-refractivity contribution in [1.82, 2.24) is 5.32 Å². The number of carbonyl (C=O) groups excluding carboxylic acids is 1. The lowest BCUT2D eigenvalue weighted by atomic mass is 9.82. The second kappa shape index (κ2) is 4.44. The van der Waals surface area contributed by atoms with Crippen LogP contribution in [0.2, 0.25) is 0 Å². The molecule has 1 saturated carbocycles. The highest BCUT2D eigenvalue weighted by Gasteiger charge is 2.42. The van der Waals surface area contributed by atoms with Gasteiger partial charge in [-0.3, -0.25) is 9.59 Å². The molecule has 1 aliphatic carbocycles. The largest absolute Gasteiger partial charge is 0.481 e. The number of rotatable bonds is 4. The molecule has 0 saturated heterocycles. The van der Waals surface area contributed by atoms with Gasteiger partial charge in [0.05, 0.1) is 5.41 Å². The van der Waals surface area contributed by atoms with Gasteiger partial charge in [-0.2, -0.15) is 0 Å². The third-order valence-electron chi connectivity index (χ3n) is 2.89. The van der Waals surface area contributed by atoms with Gasteiger partial charge in [-0.1, -0.05) is 12.8 Å². The van der Waals surface area contributed by atoms with Crippen LogP contribution >= 0.6 is 0 Å². The molecular formula is C10H17NO3. The van der Waals surface area contributed by atoms with Crippen LogP contribution in [0.5, 0.6) is 0 Å². The quantitative estimate of drug-likeness (QED) is 0.714. The standard InChI is InChI=1S/C10H17NO3/c1-2-11-8(12)7-10(9(13)14)5-3-4-6-10/h2-7H2,1H3,(H,11,12)(H,13,14). The van der Waals surface area contributed by atoms with Crippen LogP contribution in [-0.2, 0) is 9.59 Å². The smallest absolute Gasteiger partial charge is 0.310 e. The van der Waals surface area contributed by atoms with Gasteiger partial charge in [0.15, 0.2) is 0 Å². The summed E-state index contributed by atoms with van der Waals surface area (Å²) in [5, 5.41) is 11.8. The van der Waals surface area contributed by atoms with Gasteiger partial charge in [-0.15, -0.1) is 0 Å². The van der Waals surface area contributed by atoms with Crippen LogP contribution in [0.15, 0.2) is 0 Å². The molecular weight excluding hydrogens is 182 g/mol. The van der Waals surface area contributed by atoms with Crippen molar-refractivity contribution >= 4 is 11.9 Å². The van der Waals surface area contributed by atoms with E-state index in [0.717, 1.165) is 12.8 Å². The van der Waals surface area contributed by atoms with Crippen LogP contribution in [0.4, 0.5) is 0 Å². The first-order valence-corrected chi connectivity index (χ1v) is 5.11. The van der Waals surface area contributed by atoms with Crippen molar-refractivity contribution in [3.63, 3.8) is 0 Å². The summed E-state index contributed by atoms with van der Waals surface area (Å²) in [6.45, 7) is 2.40. The summed E-state index contributed by atoms with van der Waals surface area (Å²) in [4.78, 5) is 22.4. The van der Waals surface area contributed by atoms with Gasteiger partial charge in [0.25, 0.3) is 0 Å². The maximum atomic E-state index is 11.3. The van der Waals surface area contributed by atoms with Gasteiger partial charge in [0, 0.05) is 13.0 Å². The molecule has 0 unspecified atom stereocenters. The van der Waals surface area contributed by atoms with Crippen LogP contribution in [0.3, 0.4) is 0 Å². The average Bonchev–Trinajstić information content (AvgIpc) is 2.54. The van der Waals surface area contributed by atoms with E-state index in [2.05, 4.69) is 5.32 Å². The van der Waals surface area contributed by atoms with E-state index in [1.54, 1.807) is 0 Å². The molecule has 0 aliphatic heterocycles. The first-order chi connectivity index (χ1) is 6.60. The molecule has 0 aromatic rings. The number of carbonyl (C=O) groups is 2. The fourth-order valence-corrected chi connectivity index (χ4v) is 2.09. The van der Waals surface area contributed by atoms with E-state index in [1.165, 1.54) is 0 Å². The summed E-state index contributed by atoms with van der Waals surface area (Å²) in [7, 11) is 0. The highest BCUT2D eigenvalue weighted by molar-refractivity contribution is 5.85. The van der Waals surface area contributed by atoms with Crippen molar-refractivity contribution in [3.05, 3.63) is 0 Å². The molecule has 80 valence electrons. The Balaban J connectivity index is 2.60. The molecule has 1 rings (SSSR count). The molecule has 0 atom stereocenters. The van der Waals surface area contributed by atoms with Gasteiger partial charge in [-0.25, -0.2) is 0 Å². The molecule has 2 N–H and O–H groups in total. The minimum Gasteiger partial charge on any atom is -0.481 e. The summed E-state index contributed by atoms with van der Waals surface area (Å²) < 4.78 is 0. The Kier molecular flexibility index (Phi) is 3.49. The Hall–Kier alpha value is -1.06. The Morgan fingerprint density at radius 3 is 2.36 bits per heavy atom. The molecule has 1 amide bonds. The summed E-state index contributed by atoms with van der Waals surface area (Å²) in [5.41, 5.74) is -0.779. The first kappa shape index (κ1) is 11.0. The molecule has 0 aromatic carbocycles. The van der Waals surface area contributed by atoms with E-state index in [4.69, 9.17) is 5.11 Å². The minimum atomic E-state index is -0.818. The van der Waals surface area contributed by atoms with Crippen molar-refractivity contribution in [2.75, 3.05) is 6.54 Å². The Labute approximate surface area is 83.7 Å². The van der Waals surface area contributed by atoms with Gasteiger partial charge >= 0.3 is 5.97 Å². The molecule has 0 radical (unpaired) electrons. The maximum Gasteiger partial charge on any atom is 0.310 e. The zero-order valence-corrected chi connectivity index (χ0v) is 8.51. The topological polar surface area (TPSA) is 66.4 Å². The van der Waals surface area contributed by atoms with E-state index >= 15 is 0 Å². The van der Waals surface area contributed by atoms with Gasteiger partial charge in [0.2, 0.25) is 5.91 Å². The van der Waals surface area contributed by atoms with Gasteiger partial charge < -0.3 is 10.4 Å². The second-order valence-electron chi connectivity index (χ2n) is 3.92. The normalized spacial score (nSPS) is 19.2. The summed E-state index contributed by atoms with van der Waals surface area (Å²) in [6, 6.07) is 0. The number of nitrogens with one attached hydrogen (secondary N) is 1. The highest BCUT2D eigenvalue weighted by Crippen LogP contribution is 2.41. The van der Waals surface area contributed by atoms with Crippen molar-refractivity contribution in [2.24, 2.45) is 5.41 Å². The molecule has 1 fully saturated rings. The molecule has 4 heteroatoms. The monoisotopic (exact) mass is 199 g/mol. The van der Waals surface area contributed by atoms with Gasteiger partial charge in [-0.05, 0) is 19.8 Å². The predicted octanol–water partition coefficient (Wildman–Crippen LogP) is 1.16. The lowest BCUT2D eigenvalue weighted by Gasteiger charge is -2.22. The van der Waals surface area contributed by atoms with Crippen molar-refractivity contribution in [2.45, 2.75) is 39.0 Å². The molecule has 1 aliphatic rings. The van der Waals surface area contributed by atoms with Crippen LogP contribution in [0, 0.1) is 5.41 Å². The molecule has 0 bridgehead atoms. The van der Waals surface area contributed by atoms with E-state index in [9.17, 15) is 9.59 Å². The number of hydrogen-bond acceptors (Lipinski definition) is 2. The van der Waals surface area contributed by atoms with Gasteiger partial charge in [0.1, 0.15) is 0 Å². The fourth-order valence-electron chi connectivity index (χ4n) is 2.09. The number of hydrogen-bond donors (Lipinski definition) is 2. The zero-order chi connectivity index (χ0) is 10.6. The van der Waals surface area contributed by atoms with E-state index in [0.29, 0.717) is 19.4 Å². The van der Waals surface area contributed by atoms with E-state index in [-0.39, 0.29) is 12.3 Å². The molecule has 0 spiro atoms. The third-order valence-corrected chi connectivity index (χ3v) is 2.89. The summed E-state index contributed by atoms with van der Waals surface area (Å²) >= 11 is 0. The average molecular weight is 199 g/mol. The summed E-state index contributed by atoms with van der Waals surface area (Å²) in [5.74, 6) is -0.960. The molecule has 0 aromatic heterocycles. The Morgan fingerprint density at radius 1 is 1.36 bits per heavy atom. The van der Waals surface area contributed by atoms with Crippen LogP contribution < -0.4 is 5.32 Å². The maximum absolute atomic E-state index is 11.3. The van der Waals surface area contributed by atoms with Crippen LogP contribution in [0.25, 0.3) is 0 Å². The Morgan fingerprint density at radius 2 is 1.93 bits per heavy atom. The summed E-state index contributed by atoms with van der Waals surface area (Å²) in [6.07, 6.45) is 3.26. The minimum absolute atomic E-state index is 0.135.